The SMILES string of the molecule is COc1nc(N)nc(C2CC2)c1CCN. The molecule has 0 amide bonds. The van der Waals surface area contributed by atoms with Crippen LogP contribution in [0.25, 0.3) is 0 Å². The van der Waals surface area contributed by atoms with Gasteiger partial charge >= 0.3 is 0 Å². The summed E-state index contributed by atoms with van der Waals surface area (Å²) in [7, 11) is 1.60. The number of methoxy groups -OCH3 is 1. The third-order valence-electron chi connectivity index (χ3n) is 2.57. The van der Waals surface area contributed by atoms with E-state index < -0.39 is 0 Å². The lowest BCUT2D eigenvalue weighted by atomic mass is 10.1. The van der Waals surface area contributed by atoms with Crippen molar-refractivity contribution in [2.75, 3.05) is 19.4 Å². The van der Waals surface area contributed by atoms with Gasteiger partial charge in [-0.1, -0.05) is 0 Å². The first-order valence-corrected chi connectivity index (χ1v) is 5.16. The average molecular weight is 208 g/mol. The molecule has 0 bridgehead atoms. The van der Waals surface area contributed by atoms with Crippen LogP contribution in [0.1, 0.15) is 30.0 Å². The molecular weight excluding hydrogens is 192 g/mol. The van der Waals surface area contributed by atoms with Crippen LogP contribution in [0.4, 0.5) is 5.95 Å². The van der Waals surface area contributed by atoms with E-state index in [0.717, 1.165) is 17.7 Å². The first kappa shape index (κ1) is 10.2. The number of hydrogen-bond donors (Lipinski definition) is 2. The maximum atomic E-state index is 5.63. The second kappa shape index (κ2) is 4.02. The van der Waals surface area contributed by atoms with Gasteiger partial charge in [0.05, 0.1) is 12.8 Å². The lowest BCUT2D eigenvalue weighted by molar-refractivity contribution is 0.391. The molecule has 0 aliphatic heterocycles. The summed E-state index contributed by atoms with van der Waals surface area (Å²) in [4.78, 5) is 8.36. The zero-order valence-electron chi connectivity index (χ0n) is 8.86. The first-order chi connectivity index (χ1) is 7.26. The number of anilines is 1. The molecule has 5 nitrogen and oxygen atoms in total. The highest BCUT2D eigenvalue weighted by molar-refractivity contribution is 5.39. The van der Waals surface area contributed by atoms with Gasteiger partial charge < -0.3 is 16.2 Å². The van der Waals surface area contributed by atoms with Gasteiger partial charge in [-0.3, -0.25) is 0 Å². The number of nitrogens with zero attached hydrogens (tertiary/aromatic N) is 2. The fourth-order valence-corrected chi connectivity index (χ4v) is 1.74. The highest BCUT2D eigenvalue weighted by Gasteiger charge is 2.29. The smallest absolute Gasteiger partial charge is 0.223 e. The fraction of sp³-hybridized carbons (Fsp3) is 0.600. The summed E-state index contributed by atoms with van der Waals surface area (Å²) in [5.41, 5.74) is 13.3. The first-order valence-electron chi connectivity index (χ1n) is 5.16. The van der Waals surface area contributed by atoms with Crippen molar-refractivity contribution >= 4 is 5.95 Å². The molecule has 1 aromatic rings. The van der Waals surface area contributed by atoms with Crippen LogP contribution in [0.5, 0.6) is 5.88 Å². The zero-order chi connectivity index (χ0) is 10.8. The molecule has 1 heterocycles. The monoisotopic (exact) mass is 208 g/mol. The molecule has 4 N–H and O–H groups in total. The lowest BCUT2D eigenvalue weighted by Gasteiger charge is -2.11. The van der Waals surface area contributed by atoms with Crippen LogP contribution >= 0.6 is 0 Å². The molecule has 0 unspecified atom stereocenters. The van der Waals surface area contributed by atoms with Gasteiger partial charge in [0.25, 0.3) is 0 Å². The summed E-state index contributed by atoms with van der Waals surface area (Å²) in [5, 5.41) is 0. The Kier molecular flexibility index (Phi) is 2.73. The van der Waals surface area contributed by atoms with Crippen molar-refractivity contribution in [3.8, 4) is 5.88 Å². The third-order valence-corrected chi connectivity index (χ3v) is 2.57. The molecule has 0 saturated heterocycles. The van der Waals surface area contributed by atoms with Gasteiger partial charge in [0.15, 0.2) is 0 Å². The van der Waals surface area contributed by atoms with E-state index in [9.17, 15) is 0 Å². The second-order valence-corrected chi connectivity index (χ2v) is 3.77. The molecule has 1 aliphatic carbocycles. The summed E-state index contributed by atoms with van der Waals surface area (Å²) in [6, 6.07) is 0. The van der Waals surface area contributed by atoms with Crippen molar-refractivity contribution in [2.24, 2.45) is 5.73 Å². The number of rotatable bonds is 4. The minimum absolute atomic E-state index is 0.287. The number of nitrogen functional groups attached to an aromatic ring is 1. The molecule has 1 aromatic heterocycles. The lowest BCUT2D eigenvalue weighted by Crippen LogP contribution is -2.11. The summed E-state index contributed by atoms with van der Waals surface area (Å²) < 4.78 is 5.21. The molecule has 1 fully saturated rings. The Morgan fingerprint density at radius 3 is 2.67 bits per heavy atom. The number of ether oxygens (including phenoxy) is 1. The van der Waals surface area contributed by atoms with Crippen LogP contribution in [0, 0.1) is 0 Å². The fourth-order valence-electron chi connectivity index (χ4n) is 1.74. The van der Waals surface area contributed by atoms with Crippen LogP contribution in [-0.4, -0.2) is 23.6 Å². The molecule has 2 rings (SSSR count). The molecule has 0 spiro atoms. The van der Waals surface area contributed by atoms with E-state index in [1.54, 1.807) is 7.11 Å². The number of aromatic nitrogens is 2. The van der Waals surface area contributed by atoms with E-state index in [2.05, 4.69) is 9.97 Å². The van der Waals surface area contributed by atoms with Gasteiger partial charge in [0.1, 0.15) is 0 Å². The average Bonchev–Trinajstić information content (AvgIpc) is 3.03. The normalized spacial score (nSPS) is 15.3. The van der Waals surface area contributed by atoms with Gasteiger partial charge in [-0.25, -0.2) is 4.98 Å². The van der Waals surface area contributed by atoms with Crippen LogP contribution in [0.15, 0.2) is 0 Å². The molecule has 0 radical (unpaired) electrons. The van der Waals surface area contributed by atoms with Gasteiger partial charge in [0, 0.05) is 11.5 Å². The maximum Gasteiger partial charge on any atom is 0.223 e. The Balaban J connectivity index is 2.43. The quantitative estimate of drug-likeness (QED) is 0.750. The number of nitrogens with two attached hydrogens (primary N) is 2. The minimum Gasteiger partial charge on any atom is -0.481 e. The molecule has 5 heteroatoms. The van der Waals surface area contributed by atoms with Crippen molar-refractivity contribution in [3.63, 3.8) is 0 Å². The molecule has 0 aromatic carbocycles. The summed E-state index contributed by atoms with van der Waals surface area (Å²) in [5.74, 6) is 1.40. The Bertz CT molecular complexity index is 363. The second-order valence-electron chi connectivity index (χ2n) is 3.77. The van der Waals surface area contributed by atoms with Gasteiger partial charge in [-0.15, -0.1) is 0 Å². The van der Waals surface area contributed by atoms with E-state index in [0.29, 0.717) is 18.3 Å². The summed E-state index contributed by atoms with van der Waals surface area (Å²) >= 11 is 0. The Morgan fingerprint density at radius 1 is 1.40 bits per heavy atom. The van der Waals surface area contributed by atoms with E-state index >= 15 is 0 Å². The Labute approximate surface area is 88.8 Å². The Hall–Kier alpha value is -1.36. The van der Waals surface area contributed by atoms with Crippen molar-refractivity contribution in [3.05, 3.63) is 11.3 Å². The van der Waals surface area contributed by atoms with Gasteiger partial charge in [-0.2, -0.15) is 4.98 Å². The van der Waals surface area contributed by atoms with E-state index in [4.69, 9.17) is 16.2 Å². The van der Waals surface area contributed by atoms with Crippen molar-refractivity contribution < 1.29 is 4.74 Å². The summed E-state index contributed by atoms with van der Waals surface area (Å²) in [6.07, 6.45) is 3.10. The van der Waals surface area contributed by atoms with Gasteiger partial charge in [0.2, 0.25) is 11.8 Å². The third kappa shape index (κ3) is 2.02. The Morgan fingerprint density at radius 2 is 2.13 bits per heavy atom. The van der Waals surface area contributed by atoms with E-state index in [1.807, 2.05) is 0 Å². The van der Waals surface area contributed by atoms with Crippen LogP contribution < -0.4 is 16.2 Å². The van der Waals surface area contributed by atoms with Crippen LogP contribution in [0.3, 0.4) is 0 Å². The largest absolute Gasteiger partial charge is 0.481 e. The molecule has 0 atom stereocenters. The molecule has 1 aliphatic rings. The predicted octanol–water partition coefficient (Wildman–Crippen LogP) is 0.446. The molecule has 1 saturated carbocycles. The van der Waals surface area contributed by atoms with Crippen LogP contribution in [0.2, 0.25) is 0 Å². The molecule has 82 valence electrons. The molecule has 15 heavy (non-hydrogen) atoms. The highest BCUT2D eigenvalue weighted by Crippen LogP contribution is 2.42. The summed E-state index contributed by atoms with van der Waals surface area (Å²) in [6.45, 7) is 0.573. The maximum absolute atomic E-state index is 5.63. The van der Waals surface area contributed by atoms with E-state index in [-0.39, 0.29) is 5.95 Å². The van der Waals surface area contributed by atoms with Crippen molar-refractivity contribution in [1.29, 1.82) is 0 Å². The topological polar surface area (TPSA) is 87.0 Å². The van der Waals surface area contributed by atoms with Gasteiger partial charge in [-0.05, 0) is 25.8 Å². The predicted molar refractivity (Wildman–Crippen MR) is 57.7 cm³/mol. The standard InChI is InChI=1S/C10H16N4O/c1-15-9-7(4-5-11)8(6-2-3-6)13-10(12)14-9/h6H,2-5,11H2,1H3,(H2,12,13,14). The number of hydrogen-bond acceptors (Lipinski definition) is 5. The van der Waals surface area contributed by atoms with E-state index in [1.165, 1.54) is 12.8 Å². The van der Waals surface area contributed by atoms with Crippen LogP contribution in [-0.2, 0) is 6.42 Å². The highest BCUT2D eigenvalue weighted by atomic mass is 16.5. The van der Waals surface area contributed by atoms with Crippen molar-refractivity contribution in [1.82, 2.24) is 9.97 Å². The van der Waals surface area contributed by atoms with Crippen molar-refractivity contribution in [2.45, 2.75) is 25.2 Å². The molecular formula is C10H16N4O. The minimum atomic E-state index is 0.287. The zero-order valence-corrected chi connectivity index (χ0v) is 8.86.